The molecule has 0 aromatic carbocycles. The van der Waals surface area contributed by atoms with Crippen molar-refractivity contribution in [3.63, 3.8) is 0 Å². The van der Waals surface area contributed by atoms with Gasteiger partial charge in [0, 0.05) is 0 Å². The highest BCUT2D eigenvalue weighted by Crippen LogP contribution is 2.54. The number of hydrogen-bond donors (Lipinski definition) is 1. The predicted octanol–water partition coefficient (Wildman–Crippen LogP) is 3.22. The normalized spacial score (nSPS) is 39.5. The summed E-state index contributed by atoms with van der Waals surface area (Å²) in [5, 5.41) is 3.29. The summed E-state index contributed by atoms with van der Waals surface area (Å²) in [6.45, 7) is 13.3. The molecule has 1 amide bonds. The molecule has 0 radical (unpaired) electrons. The lowest BCUT2D eigenvalue weighted by Crippen LogP contribution is -2.69. The van der Waals surface area contributed by atoms with Gasteiger partial charge < -0.3 is 14.5 Å². The number of nitrogens with one attached hydrogen (secondary N) is 1. The van der Waals surface area contributed by atoms with Gasteiger partial charge in [-0.15, -0.1) is 0 Å². The molecule has 2 heterocycles. The van der Waals surface area contributed by atoms with Crippen LogP contribution in [0.1, 0.15) is 53.4 Å². The second kappa shape index (κ2) is 5.05. The lowest BCUT2D eigenvalue weighted by molar-refractivity contribution is -0.143. The third kappa shape index (κ3) is 2.45. The molecule has 5 atom stereocenters. The molecular weight excluding hydrogens is 294 g/mol. The van der Waals surface area contributed by atoms with E-state index in [0.29, 0.717) is 6.10 Å². The lowest BCUT2D eigenvalue weighted by atomic mass is 9.72. The van der Waals surface area contributed by atoms with Crippen molar-refractivity contribution >= 4 is 14.2 Å². The first-order valence-corrected chi connectivity index (χ1v) is 11.7. The average Bonchev–Trinajstić information content (AvgIpc) is 3.08. The molecule has 1 saturated carbocycles. The van der Waals surface area contributed by atoms with Crippen molar-refractivity contribution in [2.24, 2.45) is 5.92 Å². The van der Waals surface area contributed by atoms with Crippen molar-refractivity contribution in [2.75, 3.05) is 0 Å². The maximum absolute atomic E-state index is 12.2. The monoisotopic (exact) mass is 325 g/mol. The summed E-state index contributed by atoms with van der Waals surface area (Å²) in [6.07, 6.45) is 5.05. The number of carbonyl (C=O) groups is 1. The number of fused-ring (bicyclic) bond motifs is 1. The molecule has 3 rings (SSSR count). The molecule has 3 fully saturated rings. The maximum Gasteiger partial charge on any atom is 0.228 e. The Bertz CT molecular complexity index is 473. The van der Waals surface area contributed by atoms with Crippen LogP contribution in [0.15, 0.2) is 0 Å². The van der Waals surface area contributed by atoms with Gasteiger partial charge in [0.05, 0.1) is 24.2 Å². The van der Waals surface area contributed by atoms with E-state index < -0.39 is 8.32 Å². The van der Waals surface area contributed by atoms with Gasteiger partial charge in [0.1, 0.15) is 5.60 Å². The van der Waals surface area contributed by atoms with E-state index in [-0.39, 0.29) is 34.6 Å². The van der Waals surface area contributed by atoms with E-state index >= 15 is 0 Å². The minimum atomic E-state index is -1.85. The fourth-order valence-corrected chi connectivity index (χ4v) is 5.36. The van der Waals surface area contributed by atoms with E-state index in [1.54, 1.807) is 0 Å². The van der Waals surface area contributed by atoms with Gasteiger partial charge in [-0.2, -0.15) is 0 Å². The summed E-state index contributed by atoms with van der Waals surface area (Å²) >= 11 is 0. The zero-order chi connectivity index (χ0) is 16.3. The van der Waals surface area contributed by atoms with E-state index in [1.165, 1.54) is 12.8 Å². The fraction of sp³-hybridized carbons (Fsp3) is 0.941. The van der Waals surface area contributed by atoms with E-state index in [2.05, 4.69) is 46.1 Å². The number of rotatable bonds is 4. The highest BCUT2D eigenvalue weighted by molar-refractivity contribution is 6.74. The van der Waals surface area contributed by atoms with Crippen LogP contribution in [0.5, 0.6) is 0 Å². The Kier molecular flexibility index (Phi) is 3.78. The molecule has 0 bridgehead atoms. The van der Waals surface area contributed by atoms with Crippen molar-refractivity contribution < 1.29 is 14.0 Å². The minimum absolute atomic E-state index is 0.0270. The largest absolute Gasteiger partial charge is 0.413 e. The Labute approximate surface area is 135 Å². The first-order chi connectivity index (χ1) is 10.1. The van der Waals surface area contributed by atoms with Crippen LogP contribution in [-0.2, 0) is 14.0 Å². The molecule has 1 aliphatic carbocycles. The average molecular weight is 326 g/mol. The molecule has 1 N–H and O–H groups in total. The summed E-state index contributed by atoms with van der Waals surface area (Å²) in [5.41, 5.74) is -0.0676. The van der Waals surface area contributed by atoms with Gasteiger partial charge in [-0.25, -0.2) is 0 Å². The van der Waals surface area contributed by atoms with Crippen LogP contribution in [0.2, 0.25) is 18.1 Å². The molecule has 22 heavy (non-hydrogen) atoms. The zero-order valence-corrected chi connectivity index (χ0v) is 15.9. The molecule has 0 unspecified atom stereocenters. The second-order valence-corrected chi connectivity index (χ2v) is 13.7. The SMILES string of the molecule is C[C@@H](O[Si](C)(C)C(C)(C)C)[C@H]1C(=O)N[C@H]1[C@]12CCCC[C@H]1O2. The van der Waals surface area contributed by atoms with Crippen molar-refractivity contribution in [2.45, 2.75) is 95.4 Å². The molecule has 126 valence electrons. The van der Waals surface area contributed by atoms with E-state index in [4.69, 9.17) is 9.16 Å². The third-order valence-corrected chi connectivity index (χ3v) is 11.0. The van der Waals surface area contributed by atoms with Crippen LogP contribution in [-0.4, -0.2) is 38.1 Å². The maximum atomic E-state index is 12.2. The molecule has 0 aromatic heterocycles. The van der Waals surface area contributed by atoms with Gasteiger partial charge in [0.25, 0.3) is 0 Å². The minimum Gasteiger partial charge on any atom is -0.413 e. The molecule has 0 spiro atoms. The summed E-state index contributed by atoms with van der Waals surface area (Å²) in [6, 6.07) is 0.157. The summed E-state index contributed by atoms with van der Waals surface area (Å²) in [5.74, 6) is 0.0997. The Balaban J connectivity index is 1.69. The first-order valence-electron chi connectivity index (χ1n) is 8.74. The molecule has 3 aliphatic rings. The van der Waals surface area contributed by atoms with Gasteiger partial charge in [0.15, 0.2) is 8.32 Å². The highest BCUT2D eigenvalue weighted by atomic mass is 28.4. The zero-order valence-electron chi connectivity index (χ0n) is 14.9. The number of carbonyl (C=O) groups excluding carboxylic acids is 1. The molecule has 4 nitrogen and oxygen atoms in total. The van der Waals surface area contributed by atoms with Gasteiger partial charge >= 0.3 is 0 Å². The van der Waals surface area contributed by atoms with Crippen LogP contribution in [0, 0.1) is 5.92 Å². The summed E-state index contributed by atoms with van der Waals surface area (Å²) in [4.78, 5) is 12.2. The van der Waals surface area contributed by atoms with Crippen molar-refractivity contribution in [3.8, 4) is 0 Å². The van der Waals surface area contributed by atoms with Gasteiger partial charge in [-0.3, -0.25) is 4.79 Å². The van der Waals surface area contributed by atoms with E-state index in [1.807, 2.05) is 0 Å². The first kappa shape index (κ1) is 16.5. The van der Waals surface area contributed by atoms with Gasteiger partial charge in [-0.1, -0.05) is 33.6 Å². The summed E-state index contributed by atoms with van der Waals surface area (Å²) in [7, 11) is -1.85. The number of hydrogen-bond acceptors (Lipinski definition) is 3. The van der Waals surface area contributed by atoms with Gasteiger partial charge in [0.2, 0.25) is 5.91 Å². The smallest absolute Gasteiger partial charge is 0.228 e. The highest BCUT2D eigenvalue weighted by Gasteiger charge is 2.68. The van der Waals surface area contributed by atoms with Crippen molar-refractivity contribution in [1.82, 2.24) is 5.32 Å². The Morgan fingerprint density at radius 1 is 1.36 bits per heavy atom. The fourth-order valence-electron chi connectivity index (χ4n) is 3.93. The Morgan fingerprint density at radius 3 is 2.59 bits per heavy atom. The van der Waals surface area contributed by atoms with Gasteiger partial charge in [-0.05, 0) is 37.9 Å². The molecule has 5 heteroatoms. The van der Waals surface area contributed by atoms with E-state index in [0.717, 1.165) is 12.8 Å². The van der Waals surface area contributed by atoms with Crippen LogP contribution in [0.4, 0.5) is 0 Å². The molecular formula is C17H31NO3Si. The van der Waals surface area contributed by atoms with Crippen molar-refractivity contribution in [1.29, 1.82) is 0 Å². The lowest BCUT2D eigenvalue weighted by Gasteiger charge is -2.47. The third-order valence-electron chi connectivity index (χ3n) is 6.41. The van der Waals surface area contributed by atoms with Crippen molar-refractivity contribution in [3.05, 3.63) is 0 Å². The van der Waals surface area contributed by atoms with Crippen LogP contribution in [0.3, 0.4) is 0 Å². The number of epoxide rings is 1. The van der Waals surface area contributed by atoms with Crippen LogP contribution < -0.4 is 5.32 Å². The second-order valence-electron chi connectivity index (χ2n) is 8.90. The summed E-state index contributed by atoms with van der Waals surface area (Å²) < 4.78 is 12.5. The quantitative estimate of drug-likeness (QED) is 0.490. The van der Waals surface area contributed by atoms with Crippen LogP contribution in [0.25, 0.3) is 0 Å². The molecule has 2 saturated heterocycles. The number of ether oxygens (including phenoxy) is 1. The number of β-lactam (4-membered cyclic amide) rings is 1. The van der Waals surface area contributed by atoms with Crippen LogP contribution >= 0.6 is 0 Å². The predicted molar refractivity (Wildman–Crippen MR) is 89.2 cm³/mol. The molecule has 2 aliphatic heterocycles. The van der Waals surface area contributed by atoms with E-state index in [9.17, 15) is 4.79 Å². The Morgan fingerprint density at radius 2 is 2.05 bits per heavy atom. The topological polar surface area (TPSA) is 50.9 Å². The number of amides is 1. The molecule has 0 aromatic rings. The Hall–Kier alpha value is -0.393. The standard InChI is InChI=1S/C17H31NO3Si/c1-11(21-22(5,6)16(2,3)4)13-14(18-15(13)19)17-10-8-7-9-12(17)20-17/h11-14H,7-10H2,1-6H3,(H,18,19)/t11-,12-,13-,14-,17+/m1/s1.